The third kappa shape index (κ3) is 3.20. The first-order chi connectivity index (χ1) is 13.0. The Morgan fingerprint density at radius 3 is 2.74 bits per heavy atom. The lowest BCUT2D eigenvalue weighted by Crippen LogP contribution is -2.38. The molecule has 0 radical (unpaired) electrons. The number of carbonyl (C=O) groups excluding carboxylic acids is 2. The molecule has 0 unspecified atom stereocenters. The summed E-state index contributed by atoms with van der Waals surface area (Å²) < 4.78 is 32.4. The van der Waals surface area contributed by atoms with Crippen molar-refractivity contribution in [1.82, 2.24) is 0 Å². The number of hydrogen-bond acceptors (Lipinski definition) is 3. The minimum atomic E-state index is -0.927. The molecule has 3 atom stereocenters. The molecule has 1 aliphatic carbocycles. The van der Waals surface area contributed by atoms with Gasteiger partial charge in [0.2, 0.25) is 0 Å². The van der Waals surface area contributed by atoms with Gasteiger partial charge in [0.05, 0.1) is 5.92 Å². The van der Waals surface area contributed by atoms with E-state index in [1.54, 1.807) is 4.90 Å². The van der Waals surface area contributed by atoms with E-state index in [0.717, 1.165) is 23.7 Å². The molecule has 140 valence electrons. The number of rotatable bonds is 4. The van der Waals surface area contributed by atoms with Crippen molar-refractivity contribution >= 4 is 17.6 Å². The Morgan fingerprint density at radius 1 is 1.15 bits per heavy atom. The van der Waals surface area contributed by atoms with E-state index in [1.807, 2.05) is 31.2 Å². The molecular weight excluding hydrogens is 352 g/mol. The third-order valence-corrected chi connectivity index (χ3v) is 5.29. The van der Waals surface area contributed by atoms with Crippen molar-refractivity contribution in [3.8, 4) is 0 Å². The summed E-state index contributed by atoms with van der Waals surface area (Å²) in [6, 6.07) is 11.6. The Morgan fingerprint density at radius 2 is 1.93 bits per heavy atom. The number of nitrogens with zero attached hydrogens (tertiary/aromatic N) is 1. The van der Waals surface area contributed by atoms with E-state index in [9.17, 15) is 18.4 Å². The van der Waals surface area contributed by atoms with Crippen LogP contribution in [0.25, 0.3) is 0 Å². The highest BCUT2D eigenvalue weighted by molar-refractivity contribution is 5.98. The summed E-state index contributed by atoms with van der Waals surface area (Å²) in [4.78, 5) is 26.4. The van der Waals surface area contributed by atoms with Gasteiger partial charge in [-0.3, -0.25) is 9.59 Å². The summed E-state index contributed by atoms with van der Waals surface area (Å²) in [5, 5.41) is 0. The number of amides is 1. The minimum absolute atomic E-state index is 0.00339. The Kier molecular flexibility index (Phi) is 4.42. The van der Waals surface area contributed by atoms with Crippen LogP contribution >= 0.6 is 0 Å². The highest BCUT2D eigenvalue weighted by atomic mass is 19.2. The number of ether oxygens (including phenoxy) is 1. The van der Waals surface area contributed by atoms with Crippen molar-refractivity contribution < 1.29 is 23.1 Å². The molecule has 2 aromatic carbocycles. The van der Waals surface area contributed by atoms with E-state index < -0.39 is 29.4 Å². The predicted molar refractivity (Wildman–Crippen MR) is 95.3 cm³/mol. The third-order valence-electron chi connectivity index (χ3n) is 5.29. The Hall–Kier alpha value is -2.76. The molecule has 6 heteroatoms. The maximum Gasteiger partial charge on any atom is 0.310 e. The van der Waals surface area contributed by atoms with Gasteiger partial charge in [0.1, 0.15) is 0 Å². The smallest absolute Gasteiger partial charge is 0.310 e. The van der Waals surface area contributed by atoms with Crippen LogP contribution in [0.15, 0.2) is 42.5 Å². The number of halogens is 2. The topological polar surface area (TPSA) is 46.6 Å². The second-order valence-electron chi connectivity index (χ2n) is 7.15. The van der Waals surface area contributed by atoms with Crippen LogP contribution in [0.4, 0.5) is 14.5 Å². The van der Waals surface area contributed by atoms with Gasteiger partial charge < -0.3 is 9.64 Å². The second-order valence-corrected chi connectivity index (χ2v) is 7.15. The average Bonchev–Trinajstić information content (AvgIpc) is 3.37. The zero-order valence-electron chi connectivity index (χ0n) is 14.8. The molecule has 4 nitrogen and oxygen atoms in total. The van der Waals surface area contributed by atoms with Crippen molar-refractivity contribution in [2.45, 2.75) is 31.7 Å². The van der Waals surface area contributed by atoms with Crippen LogP contribution in [0.2, 0.25) is 0 Å². The molecule has 1 amide bonds. The van der Waals surface area contributed by atoms with Crippen LogP contribution in [-0.2, 0) is 20.7 Å². The summed E-state index contributed by atoms with van der Waals surface area (Å²) >= 11 is 0. The number of carbonyl (C=O) groups is 2. The molecule has 2 aliphatic rings. The molecule has 0 saturated heterocycles. The largest absolute Gasteiger partial charge is 0.455 e. The van der Waals surface area contributed by atoms with Gasteiger partial charge in [-0.05, 0) is 43.0 Å². The maximum atomic E-state index is 13.8. The van der Waals surface area contributed by atoms with Crippen molar-refractivity contribution in [3.05, 3.63) is 65.2 Å². The van der Waals surface area contributed by atoms with Gasteiger partial charge >= 0.3 is 5.97 Å². The van der Waals surface area contributed by atoms with Crippen LogP contribution in [0, 0.1) is 17.6 Å². The van der Waals surface area contributed by atoms with Crippen LogP contribution < -0.4 is 4.90 Å². The highest BCUT2D eigenvalue weighted by Crippen LogP contribution is 2.49. The number of fused-ring (bicyclic) bond motifs is 1. The SMILES string of the molecule is C[C@@H]1Cc2ccccc2N1C(=O)COC(=O)[C@H]1C[C@@H]1c1cccc(F)c1F. The molecule has 1 fully saturated rings. The van der Waals surface area contributed by atoms with E-state index in [2.05, 4.69) is 0 Å². The van der Waals surface area contributed by atoms with Gasteiger partial charge in [0.15, 0.2) is 18.2 Å². The minimum Gasteiger partial charge on any atom is -0.455 e. The summed E-state index contributed by atoms with van der Waals surface area (Å²) in [6.07, 6.45) is 1.16. The summed E-state index contributed by atoms with van der Waals surface area (Å²) in [5.74, 6) is -3.60. The predicted octanol–water partition coefficient (Wildman–Crippen LogP) is 3.59. The van der Waals surface area contributed by atoms with Crippen molar-refractivity contribution in [2.24, 2.45) is 5.92 Å². The van der Waals surface area contributed by atoms with E-state index in [1.165, 1.54) is 12.1 Å². The molecule has 1 saturated carbocycles. The second kappa shape index (κ2) is 6.76. The van der Waals surface area contributed by atoms with Crippen LogP contribution in [0.1, 0.15) is 30.4 Å². The standard InChI is InChI=1S/C21H19F2NO3/c1-12-9-13-5-2-3-8-18(13)24(12)19(25)11-27-21(26)16-10-15(16)14-6-4-7-17(22)20(14)23/h2-8,12,15-16H,9-11H2,1H3/t12-,15-,16+/m1/s1. The van der Waals surface area contributed by atoms with Crippen molar-refractivity contribution in [3.63, 3.8) is 0 Å². The molecule has 1 heterocycles. The first-order valence-electron chi connectivity index (χ1n) is 8.98. The summed E-state index contributed by atoms with van der Waals surface area (Å²) in [7, 11) is 0. The number of benzene rings is 2. The van der Waals surface area contributed by atoms with Gasteiger partial charge in [-0.15, -0.1) is 0 Å². The number of esters is 1. The molecular formula is C21H19F2NO3. The highest BCUT2D eigenvalue weighted by Gasteiger charge is 2.47. The fourth-order valence-corrected chi connectivity index (χ4v) is 3.86. The zero-order chi connectivity index (χ0) is 19.1. The number of para-hydroxylation sites is 1. The van der Waals surface area contributed by atoms with E-state index in [4.69, 9.17) is 4.74 Å². The molecule has 1 aliphatic heterocycles. The molecule has 2 aromatic rings. The van der Waals surface area contributed by atoms with Crippen LogP contribution in [0.5, 0.6) is 0 Å². The lowest BCUT2D eigenvalue weighted by atomic mass is 10.1. The van der Waals surface area contributed by atoms with Crippen molar-refractivity contribution in [1.29, 1.82) is 0 Å². The molecule has 0 aromatic heterocycles. The van der Waals surface area contributed by atoms with Crippen LogP contribution in [-0.4, -0.2) is 24.5 Å². The first kappa shape index (κ1) is 17.6. The monoisotopic (exact) mass is 371 g/mol. The fraction of sp³-hybridized carbons (Fsp3) is 0.333. The first-order valence-corrected chi connectivity index (χ1v) is 8.98. The molecule has 4 rings (SSSR count). The van der Waals surface area contributed by atoms with Gasteiger partial charge in [-0.2, -0.15) is 0 Å². The van der Waals surface area contributed by atoms with E-state index in [0.29, 0.717) is 6.42 Å². The van der Waals surface area contributed by atoms with Crippen LogP contribution in [0.3, 0.4) is 0 Å². The van der Waals surface area contributed by atoms with Crippen molar-refractivity contribution in [2.75, 3.05) is 11.5 Å². The molecule has 0 spiro atoms. The normalized spacial score (nSPS) is 23.1. The van der Waals surface area contributed by atoms with Gasteiger partial charge in [0, 0.05) is 17.6 Å². The quantitative estimate of drug-likeness (QED) is 0.772. The van der Waals surface area contributed by atoms with Gasteiger partial charge in [-0.25, -0.2) is 8.78 Å². The number of hydrogen-bond donors (Lipinski definition) is 0. The van der Waals surface area contributed by atoms with E-state index in [-0.39, 0.29) is 24.1 Å². The average molecular weight is 371 g/mol. The Bertz CT molecular complexity index is 914. The molecule has 0 bridgehead atoms. The summed E-state index contributed by atoms with van der Waals surface area (Å²) in [6.45, 7) is 1.59. The Labute approximate surface area is 155 Å². The van der Waals surface area contributed by atoms with Gasteiger partial charge in [0.25, 0.3) is 5.91 Å². The fourth-order valence-electron chi connectivity index (χ4n) is 3.86. The lowest BCUT2D eigenvalue weighted by molar-refractivity contribution is -0.149. The Balaban J connectivity index is 1.37. The van der Waals surface area contributed by atoms with Gasteiger partial charge in [-0.1, -0.05) is 30.3 Å². The molecule has 0 N–H and O–H groups in total. The lowest BCUT2D eigenvalue weighted by Gasteiger charge is -2.22. The molecule has 27 heavy (non-hydrogen) atoms. The van der Waals surface area contributed by atoms with E-state index >= 15 is 0 Å². The number of anilines is 1. The maximum absolute atomic E-state index is 13.8. The summed E-state index contributed by atoms with van der Waals surface area (Å²) in [5.41, 5.74) is 2.12. The zero-order valence-corrected chi connectivity index (χ0v) is 14.8.